The van der Waals surface area contributed by atoms with Crippen molar-refractivity contribution >= 4 is 31.7 Å². The highest BCUT2D eigenvalue weighted by Crippen LogP contribution is 2.64. The molecule has 4 N–H and O–H groups in total. The van der Waals surface area contributed by atoms with Gasteiger partial charge in [0.05, 0.1) is 4.90 Å². The largest absolute Gasteiger partial charge is 0.298 e. The van der Waals surface area contributed by atoms with Crippen LogP contribution in [-0.4, -0.2) is 51.6 Å². The van der Waals surface area contributed by atoms with Gasteiger partial charge in [-0.1, -0.05) is 38.5 Å². The van der Waals surface area contributed by atoms with Gasteiger partial charge in [0.15, 0.2) is 5.78 Å². The lowest BCUT2D eigenvalue weighted by Crippen LogP contribution is -2.56. The van der Waals surface area contributed by atoms with Crippen molar-refractivity contribution in [3.05, 3.63) is 28.8 Å². The zero-order valence-electron chi connectivity index (χ0n) is 20.2. The van der Waals surface area contributed by atoms with E-state index in [-0.39, 0.29) is 4.90 Å². The number of carbonyl (C=O) groups excluding carboxylic acids is 2. The van der Waals surface area contributed by atoms with Crippen LogP contribution < -0.4 is 14.9 Å². The minimum absolute atomic E-state index is 0.0297. The Bertz CT molecular complexity index is 1220. The van der Waals surface area contributed by atoms with Crippen LogP contribution in [0.4, 0.5) is 0 Å². The van der Waals surface area contributed by atoms with Gasteiger partial charge in [-0.15, -0.1) is 0 Å². The molecule has 3 rings (SSSR count). The summed E-state index contributed by atoms with van der Waals surface area (Å²) in [7, 11) is -8.47. The van der Waals surface area contributed by atoms with Crippen molar-refractivity contribution in [1.29, 1.82) is 0 Å². The first-order chi connectivity index (χ1) is 15.5. The maximum atomic E-state index is 13.3. The summed E-state index contributed by atoms with van der Waals surface area (Å²) in [5, 5.41) is 7.78. The molecule has 1 aromatic rings. The van der Waals surface area contributed by atoms with Crippen LogP contribution in [0.3, 0.4) is 0 Å². The number of hydroxylamine groups is 1. The molecule has 2 aliphatic carbocycles. The Hall–Kier alpha value is -1.86. The van der Waals surface area contributed by atoms with Crippen molar-refractivity contribution in [3.63, 3.8) is 0 Å². The number of benzene rings is 1. The summed E-state index contributed by atoms with van der Waals surface area (Å²) >= 11 is 0. The number of carbonyl (C=O) groups is 2. The summed E-state index contributed by atoms with van der Waals surface area (Å²) in [6, 6.07) is 1.73. The van der Waals surface area contributed by atoms with Gasteiger partial charge >= 0.3 is 0 Å². The second-order valence-corrected chi connectivity index (χ2v) is 13.8. The van der Waals surface area contributed by atoms with Crippen molar-refractivity contribution in [2.24, 2.45) is 16.7 Å². The van der Waals surface area contributed by atoms with Crippen LogP contribution in [-0.2, 0) is 29.6 Å². The minimum atomic E-state index is -4.36. The molecule has 10 nitrogen and oxygen atoms in total. The Kier molecular flexibility index (Phi) is 6.81. The molecule has 12 heteroatoms. The summed E-state index contributed by atoms with van der Waals surface area (Å²) in [4.78, 5) is 25.4. The van der Waals surface area contributed by atoms with E-state index in [0.717, 1.165) is 5.56 Å². The van der Waals surface area contributed by atoms with Gasteiger partial charge in [-0.3, -0.25) is 14.8 Å². The predicted molar refractivity (Wildman–Crippen MR) is 125 cm³/mol. The summed E-state index contributed by atoms with van der Waals surface area (Å²) in [5.41, 5.74) is 1.90. The molecular weight excluding hydrogens is 482 g/mol. The lowest BCUT2D eigenvalue weighted by atomic mass is 9.70. The molecule has 34 heavy (non-hydrogen) atoms. The number of sulfonamides is 2. The van der Waals surface area contributed by atoms with Gasteiger partial charge in [-0.05, 0) is 56.1 Å². The lowest BCUT2D eigenvalue weighted by Gasteiger charge is -2.32. The van der Waals surface area contributed by atoms with E-state index in [9.17, 15) is 26.4 Å². The molecule has 4 unspecified atom stereocenters. The molecule has 190 valence electrons. The average Bonchev–Trinajstić information content (AvgIpc) is 3.01. The molecule has 2 fully saturated rings. The van der Waals surface area contributed by atoms with Crippen molar-refractivity contribution in [1.82, 2.24) is 14.9 Å². The molecule has 1 aromatic carbocycles. The normalized spacial score (nSPS) is 27.1. The molecule has 0 radical (unpaired) electrons. The number of hydrogen-bond donors (Lipinski definition) is 4. The highest BCUT2D eigenvalue weighted by Gasteiger charge is 2.69. The fourth-order valence-corrected chi connectivity index (χ4v) is 9.43. The van der Waals surface area contributed by atoms with E-state index in [0.29, 0.717) is 24.0 Å². The highest BCUT2D eigenvalue weighted by atomic mass is 32.2. The number of Topliss-reactive ketones (excluding diaryl/α,β-unsaturated/α-hetero) is 1. The first kappa shape index (κ1) is 26.7. The standard InChI is InChI=1S/C22H33N3O7S2/c1-12-9-13(2)17(14(3)10-12)33(29,30)23-11-16(20(27)24-28)25-34(31,32)18-15-7-8-22(6,19(18)26)21(15,4)5/h9-10,15-16,18,23,25,28H,7-8,11H2,1-6H3,(H,24,27). The molecule has 0 heterocycles. The van der Waals surface area contributed by atoms with E-state index in [4.69, 9.17) is 5.21 Å². The molecule has 0 aromatic heterocycles. The summed E-state index contributed by atoms with van der Waals surface area (Å²) in [6.07, 6.45) is 1.14. The molecule has 1 amide bonds. The zero-order valence-corrected chi connectivity index (χ0v) is 21.9. The molecule has 2 saturated carbocycles. The Morgan fingerprint density at radius 3 is 2.15 bits per heavy atom. The minimum Gasteiger partial charge on any atom is -0.298 e. The molecule has 0 spiro atoms. The molecule has 0 saturated heterocycles. The molecular formula is C22H33N3O7S2. The Morgan fingerprint density at radius 2 is 1.68 bits per heavy atom. The second-order valence-electron chi connectivity index (χ2n) is 10.3. The van der Waals surface area contributed by atoms with Crippen LogP contribution in [0.1, 0.15) is 50.3 Å². The Morgan fingerprint density at radius 1 is 1.12 bits per heavy atom. The van der Waals surface area contributed by atoms with E-state index in [2.05, 4.69) is 9.44 Å². The topological polar surface area (TPSA) is 159 Å². The van der Waals surface area contributed by atoms with Crippen LogP contribution >= 0.6 is 0 Å². The smallest absolute Gasteiger partial charge is 0.262 e. The number of aryl methyl sites for hydroxylation is 3. The van der Waals surface area contributed by atoms with E-state index in [1.54, 1.807) is 32.9 Å². The van der Waals surface area contributed by atoms with Crippen LogP contribution in [0.25, 0.3) is 0 Å². The number of ketones is 1. The van der Waals surface area contributed by atoms with Gasteiger partial charge in [-0.2, -0.15) is 0 Å². The average molecular weight is 516 g/mol. The number of fused-ring (bicyclic) bond motifs is 2. The molecule has 2 aliphatic rings. The zero-order chi connectivity index (χ0) is 25.9. The Balaban J connectivity index is 1.86. The van der Waals surface area contributed by atoms with Gasteiger partial charge < -0.3 is 0 Å². The molecule has 4 atom stereocenters. The second kappa shape index (κ2) is 8.66. The molecule has 2 bridgehead atoms. The van der Waals surface area contributed by atoms with Crippen molar-refractivity contribution in [3.8, 4) is 0 Å². The van der Waals surface area contributed by atoms with Crippen LogP contribution in [0.15, 0.2) is 17.0 Å². The summed E-state index contributed by atoms with van der Waals surface area (Å²) in [5.74, 6) is -1.99. The summed E-state index contributed by atoms with van der Waals surface area (Å²) in [6.45, 7) is 9.96. The third-order valence-electron chi connectivity index (χ3n) is 7.89. The third-order valence-corrected chi connectivity index (χ3v) is 11.4. The first-order valence-electron chi connectivity index (χ1n) is 11.1. The summed E-state index contributed by atoms with van der Waals surface area (Å²) < 4.78 is 56.9. The fourth-order valence-electron chi connectivity index (χ4n) is 5.75. The highest BCUT2D eigenvalue weighted by molar-refractivity contribution is 7.91. The van der Waals surface area contributed by atoms with Gasteiger partial charge in [-0.25, -0.2) is 31.8 Å². The van der Waals surface area contributed by atoms with E-state index < -0.39 is 66.3 Å². The first-order valence-corrected chi connectivity index (χ1v) is 14.1. The van der Waals surface area contributed by atoms with Crippen molar-refractivity contribution in [2.75, 3.05) is 6.54 Å². The number of rotatable bonds is 8. The fraction of sp³-hybridized carbons (Fsp3) is 0.636. The maximum Gasteiger partial charge on any atom is 0.262 e. The van der Waals surface area contributed by atoms with Crippen molar-refractivity contribution < 1.29 is 31.6 Å². The Labute approximate surface area is 201 Å². The third kappa shape index (κ3) is 4.19. The number of hydrogen-bond acceptors (Lipinski definition) is 7. The van der Waals surface area contributed by atoms with Crippen LogP contribution in [0.5, 0.6) is 0 Å². The maximum absolute atomic E-state index is 13.3. The quantitative estimate of drug-likeness (QED) is 0.298. The molecule has 0 aliphatic heterocycles. The van der Waals surface area contributed by atoms with E-state index in [1.165, 1.54) is 5.48 Å². The SMILES string of the molecule is Cc1cc(C)c(S(=O)(=O)NCC(NS(=O)(=O)C2C(=O)C3(C)CCC2C3(C)C)C(=O)NO)c(C)c1. The van der Waals surface area contributed by atoms with E-state index in [1.807, 2.05) is 20.8 Å². The number of amides is 1. The van der Waals surface area contributed by atoms with Crippen LogP contribution in [0.2, 0.25) is 0 Å². The predicted octanol–water partition coefficient (Wildman–Crippen LogP) is 1.08. The van der Waals surface area contributed by atoms with Gasteiger partial charge in [0.2, 0.25) is 20.0 Å². The van der Waals surface area contributed by atoms with Crippen molar-refractivity contribution in [2.45, 2.75) is 70.6 Å². The van der Waals surface area contributed by atoms with E-state index >= 15 is 0 Å². The lowest BCUT2D eigenvalue weighted by molar-refractivity contribution is -0.131. The monoisotopic (exact) mass is 515 g/mol. The number of nitrogens with one attached hydrogen (secondary N) is 3. The van der Waals surface area contributed by atoms with Gasteiger partial charge in [0, 0.05) is 12.0 Å². The van der Waals surface area contributed by atoms with Gasteiger partial charge in [0.25, 0.3) is 5.91 Å². The van der Waals surface area contributed by atoms with Crippen LogP contribution in [0, 0.1) is 37.5 Å². The van der Waals surface area contributed by atoms with Gasteiger partial charge in [0.1, 0.15) is 11.3 Å².